The first-order valence-corrected chi connectivity index (χ1v) is 10.00. The molecule has 5 rings (SSSR count). The first-order chi connectivity index (χ1) is 14.6. The fourth-order valence-electron chi connectivity index (χ4n) is 4.19. The molecule has 2 fully saturated rings. The number of benzene rings is 1. The Balaban J connectivity index is 1.23. The van der Waals surface area contributed by atoms with E-state index in [-0.39, 0.29) is 30.1 Å². The molecule has 2 aromatic heterocycles. The molecule has 1 aromatic carbocycles. The summed E-state index contributed by atoms with van der Waals surface area (Å²) in [5, 5.41) is 3.85. The van der Waals surface area contributed by atoms with Gasteiger partial charge >= 0.3 is 0 Å². The highest BCUT2D eigenvalue weighted by atomic mass is 16.6. The van der Waals surface area contributed by atoms with Gasteiger partial charge in [0, 0.05) is 37.2 Å². The number of carbonyl (C=O) groups excluding carboxylic acids is 2. The van der Waals surface area contributed by atoms with Crippen LogP contribution < -0.4 is 5.32 Å². The van der Waals surface area contributed by atoms with Crippen LogP contribution in [0.15, 0.2) is 53.5 Å². The molecule has 0 aliphatic carbocycles. The Morgan fingerprint density at radius 3 is 2.50 bits per heavy atom. The molecule has 0 saturated carbocycles. The summed E-state index contributed by atoms with van der Waals surface area (Å²) in [5.74, 6) is -0.238. The number of likely N-dealkylation sites (tertiary alicyclic amines) is 1. The van der Waals surface area contributed by atoms with Crippen molar-refractivity contribution >= 4 is 22.7 Å². The van der Waals surface area contributed by atoms with Gasteiger partial charge in [0.05, 0.1) is 36.6 Å². The van der Waals surface area contributed by atoms with Crippen LogP contribution in [0.5, 0.6) is 0 Å². The third kappa shape index (κ3) is 3.38. The number of nitrogens with one attached hydrogen (secondary N) is 1. The van der Waals surface area contributed by atoms with Gasteiger partial charge in [-0.15, -0.1) is 0 Å². The average molecular weight is 409 g/mol. The number of fused-ring (bicyclic) bond motifs is 2. The number of nitrogens with zero attached hydrogens (tertiary/aromatic N) is 2. The van der Waals surface area contributed by atoms with Gasteiger partial charge in [-0.25, -0.2) is 0 Å². The first-order valence-electron chi connectivity index (χ1n) is 10.00. The van der Waals surface area contributed by atoms with Gasteiger partial charge < -0.3 is 28.7 Å². The third-order valence-corrected chi connectivity index (χ3v) is 5.77. The van der Waals surface area contributed by atoms with Gasteiger partial charge in [0.15, 0.2) is 0 Å². The van der Waals surface area contributed by atoms with Crippen LogP contribution in [-0.2, 0) is 16.5 Å². The first kappa shape index (κ1) is 18.9. The van der Waals surface area contributed by atoms with E-state index in [1.165, 1.54) is 12.5 Å². The largest absolute Gasteiger partial charge is 0.472 e. The zero-order chi connectivity index (χ0) is 20.7. The van der Waals surface area contributed by atoms with Gasteiger partial charge in [0.25, 0.3) is 11.8 Å². The minimum atomic E-state index is -0.250. The molecule has 0 spiro atoms. The van der Waals surface area contributed by atoms with Crippen molar-refractivity contribution < 1.29 is 23.5 Å². The highest BCUT2D eigenvalue weighted by Crippen LogP contribution is 2.26. The van der Waals surface area contributed by atoms with E-state index in [9.17, 15) is 9.59 Å². The van der Waals surface area contributed by atoms with Crippen molar-refractivity contribution in [1.82, 2.24) is 14.8 Å². The minimum absolute atomic E-state index is 0.0168. The molecule has 2 saturated heterocycles. The maximum Gasteiger partial charge on any atom is 0.256 e. The minimum Gasteiger partial charge on any atom is -0.472 e. The summed E-state index contributed by atoms with van der Waals surface area (Å²) >= 11 is 0. The Bertz CT molecular complexity index is 1060. The van der Waals surface area contributed by atoms with Crippen LogP contribution in [0.1, 0.15) is 20.7 Å². The summed E-state index contributed by atoms with van der Waals surface area (Å²) in [4.78, 5) is 27.2. The number of ether oxygens (including phenoxy) is 2. The molecule has 0 radical (unpaired) electrons. The molecule has 3 aromatic rings. The molecule has 2 amide bonds. The third-order valence-electron chi connectivity index (χ3n) is 5.77. The molecule has 0 bridgehead atoms. The van der Waals surface area contributed by atoms with Gasteiger partial charge in [-0.05, 0) is 12.1 Å². The Hall–Kier alpha value is -3.10. The van der Waals surface area contributed by atoms with E-state index in [2.05, 4.69) is 5.32 Å². The molecular formula is C22H23N3O5. The lowest BCUT2D eigenvalue weighted by atomic mass is 10.1. The van der Waals surface area contributed by atoms with E-state index >= 15 is 0 Å². The molecule has 30 heavy (non-hydrogen) atoms. The van der Waals surface area contributed by atoms with E-state index in [1.54, 1.807) is 11.0 Å². The average Bonchev–Trinajstić information content (AvgIpc) is 3.47. The molecule has 2 aliphatic heterocycles. The van der Waals surface area contributed by atoms with Gasteiger partial charge in [0.2, 0.25) is 0 Å². The van der Waals surface area contributed by atoms with Crippen molar-refractivity contribution in [2.75, 3.05) is 26.3 Å². The highest BCUT2D eigenvalue weighted by Gasteiger charge is 2.40. The quantitative estimate of drug-likeness (QED) is 0.713. The predicted molar refractivity (Wildman–Crippen MR) is 108 cm³/mol. The lowest BCUT2D eigenvalue weighted by molar-refractivity contribution is -0.00461. The van der Waals surface area contributed by atoms with Crippen molar-refractivity contribution in [3.8, 4) is 0 Å². The molecular weight excluding hydrogens is 386 g/mol. The number of carbonyl (C=O) groups is 2. The fourth-order valence-corrected chi connectivity index (χ4v) is 4.19. The van der Waals surface area contributed by atoms with Crippen molar-refractivity contribution in [3.63, 3.8) is 0 Å². The lowest BCUT2D eigenvalue weighted by Gasteiger charge is -2.19. The van der Waals surface area contributed by atoms with Crippen molar-refractivity contribution in [3.05, 3.63) is 60.2 Å². The van der Waals surface area contributed by atoms with E-state index in [1.807, 2.05) is 42.1 Å². The van der Waals surface area contributed by atoms with Gasteiger partial charge in [0.1, 0.15) is 18.5 Å². The maximum atomic E-state index is 13.2. The molecule has 156 valence electrons. The molecule has 8 nitrogen and oxygen atoms in total. The number of hydrogen-bond donors (Lipinski definition) is 1. The lowest BCUT2D eigenvalue weighted by Crippen LogP contribution is -2.41. The summed E-state index contributed by atoms with van der Waals surface area (Å²) < 4.78 is 18.9. The molecule has 2 atom stereocenters. The molecule has 8 heteroatoms. The fraction of sp³-hybridized carbons (Fsp3) is 0.364. The SMILES string of the molecule is Cn1cc(C(=O)N2C[C@@H]3OCC(NC(=O)c4ccoc4)CO[C@H]3C2)c2ccccc21. The standard InChI is InChI=1S/C22H23N3O5/c1-24-8-17(16-4-2-3-5-18(16)24)22(27)25-9-19-20(10-25)30-13-15(12-29-19)23-21(26)14-6-7-28-11-14/h2-8,11,15,19-20H,9-10,12-13H2,1H3,(H,23,26)/t19-,20-/m0/s1. The van der Waals surface area contributed by atoms with Crippen molar-refractivity contribution in [1.29, 1.82) is 0 Å². The van der Waals surface area contributed by atoms with Crippen LogP contribution >= 0.6 is 0 Å². The molecule has 1 N–H and O–H groups in total. The van der Waals surface area contributed by atoms with Crippen LogP contribution in [0.4, 0.5) is 0 Å². The summed E-state index contributed by atoms with van der Waals surface area (Å²) in [6.07, 6.45) is 4.32. The van der Waals surface area contributed by atoms with Crippen molar-refractivity contribution in [2.45, 2.75) is 18.2 Å². The number of furan rings is 1. The normalized spacial score (nSPS) is 22.1. The number of hydrogen-bond acceptors (Lipinski definition) is 5. The second kappa shape index (κ2) is 7.62. The van der Waals surface area contributed by atoms with Crippen molar-refractivity contribution in [2.24, 2.45) is 7.05 Å². The van der Waals surface area contributed by atoms with E-state index in [0.29, 0.717) is 37.4 Å². The second-order valence-corrected chi connectivity index (χ2v) is 7.81. The number of aryl methyl sites for hydroxylation is 1. The zero-order valence-corrected chi connectivity index (χ0v) is 16.6. The summed E-state index contributed by atoms with van der Waals surface area (Å²) in [6.45, 7) is 1.60. The van der Waals surface area contributed by atoms with Gasteiger partial charge in [-0.3, -0.25) is 9.59 Å². The Morgan fingerprint density at radius 1 is 1.07 bits per heavy atom. The number of rotatable bonds is 3. The number of aromatic nitrogens is 1. The van der Waals surface area contributed by atoms with E-state index in [0.717, 1.165) is 10.9 Å². The topological polar surface area (TPSA) is 85.9 Å². The van der Waals surface area contributed by atoms with Crippen LogP contribution in [0, 0.1) is 0 Å². The zero-order valence-electron chi connectivity index (χ0n) is 16.6. The Morgan fingerprint density at radius 2 is 1.80 bits per heavy atom. The van der Waals surface area contributed by atoms with Crippen LogP contribution in [0.25, 0.3) is 10.9 Å². The Kier molecular flexibility index (Phi) is 4.80. The van der Waals surface area contributed by atoms with Gasteiger partial charge in [-0.2, -0.15) is 0 Å². The number of amides is 2. The summed E-state index contributed by atoms with van der Waals surface area (Å²) in [7, 11) is 1.94. The van der Waals surface area contributed by atoms with E-state index < -0.39 is 0 Å². The van der Waals surface area contributed by atoms with Crippen LogP contribution in [0.3, 0.4) is 0 Å². The monoisotopic (exact) mass is 409 g/mol. The van der Waals surface area contributed by atoms with Crippen LogP contribution in [-0.4, -0.2) is 65.8 Å². The maximum absolute atomic E-state index is 13.2. The Labute approximate surface area is 173 Å². The van der Waals surface area contributed by atoms with Gasteiger partial charge in [-0.1, -0.05) is 18.2 Å². The highest BCUT2D eigenvalue weighted by molar-refractivity contribution is 6.07. The summed E-state index contributed by atoms with van der Waals surface area (Å²) in [5.41, 5.74) is 2.18. The number of para-hydroxylation sites is 1. The second-order valence-electron chi connectivity index (χ2n) is 7.81. The molecule has 0 unspecified atom stereocenters. The molecule has 2 aliphatic rings. The molecule has 4 heterocycles. The summed E-state index contributed by atoms with van der Waals surface area (Å²) in [6, 6.07) is 9.24. The van der Waals surface area contributed by atoms with E-state index in [4.69, 9.17) is 13.9 Å². The predicted octanol–water partition coefficient (Wildman–Crippen LogP) is 1.81. The van der Waals surface area contributed by atoms with Crippen LogP contribution in [0.2, 0.25) is 0 Å². The smallest absolute Gasteiger partial charge is 0.256 e.